The molecule has 6 N–H and O–H groups in total. The maximum Gasteiger partial charge on any atom is 0.322 e. The number of carbonyl (C=O) groups excluding carboxylic acids is 2. The van der Waals surface area contributed by atoms with Gasteiger partial charge < -0.3 is 26.6 Å². The van der Waals surface area contributed by atoms with Crippen LogP contribution < -0.4 is 16.4 Å². The zero-order chi connectivity index (χ0) is 16.4. The van der Waals surface area contributed by atoms with Gasteiger partial charge in [0.05, 0.1) is 0 Å². The van der Waals surface area contributed by atoms with Crippen molar-refractivity contribution in [1.82, 2.24) is 10.6 Å². The second-order valence-electron chi connectivity index (χ2n) is 4.01. The predicted octanol–water partition coefficient (Wildman–Crippen LogP) is -1.56. The largest absolute Gasteiger partial charge is 0.480 e. The summed E-state index contributed by atoms with van der Waals surface area (Å²) in [6, 6.07) is -2.12. The first-order valence-electron chi connectivity index (χ1n) is 5.81. The Morgan fingerprint density at radius 3 is 2.33 bits per heavy atom. The molecule has 0 bridgehead atoms. The Bertz CT molecular complexity index is 406. The first-order valence-corrected chi connectivity index (χ1v) is 7.85. The number of aliphatic carboxylic acids is 2. The fraction of sp³-hybridized carbons (Fsp3) is 0.600. The van der Waals surface area contributed by atoms with E-state index in [1.807, 2.05) is 0 Å². The number of amides is 2. The normalized spacial score (nSPS) is 13.0. The molecule has 0 aromatic heterocycles. The third-order valence-electron chi connectivity index (χ3n) is 2.31. The molecule has 0 saturated carbocycles. The van der Waals surface area contributed by atoms with Crippen LogP contribution in [0.5, 0.6) is 0 Å². The summed E-state index contributed by atoms with van der Waals surface area (Å²) in [4.78, 5) is 44.1. The van der Waals surface area contributed by atoms with E-state index in [1.54, 1.807) is 0 Å². The average molecular weight is 339 g/mol. The quantitative estimate of drug-likeness (QED) is 0.206. The van der Waals surface area contributed by atoms with E-state index >= 15 is 0 Å². The second kappa shape index (κ2) is 10.3. The highest BCUT2D eigenvalue weighted by molar-refractivity contribution is 8.68. The SMILES string of the molecule is N[C@@H](CCC(=O)N[C@H](CSS)C(=O)NCC(=O)O)C(=O)O. The van der Waals surface area contributed by atoms with Gasteiger partial charge in [0.15, 0.2) is 0 Å². The standard InChI is InChI=1S/C10H17N3O6S2/c11-5(10(18)19)1-2-7(14)13-6(4-21-20)9(17)12-3-8(15)16/h5-6,20H,1-4,11H2,(H,12,17)(H,13,14)(H,15,16)(H,18,19)/t5-,6+/m0/s1. The fourth-order valence-corrected chi connectivity index (χ4v) is 2.05. The lowest BCUT2D eigenvalue weighted by Crippen LogP contribution is -2.49. The number of carboxylic acids is 2. The summed E-state index contributed by atoms with van der Waals surface area (Å²) in [5.41, 5.74) is 5.25. The lowest BCUT2D eigenvalue weighted by Gasteiger charge is -2.17. The third kappa shape index (κ3) is 9.15. The number of nitrogens with two attached hydrogens (primary N) is 1. The van der Waals surface area contributed by atoms with Crippen LogP contribution in [0.25, 0.3) is 0 Å². The third-order valence-corrected chi connectivity index (χ3v) is 3.24. The van der Waals surface area contributed by atoms with Crippen LogP contribution >= 0.6 is 22.5 Å². The van der Waals surface area contributed by atoms with Crippen LogP contribution in [-0.4, -0.2) is 58.3 Å². The zero-order valence-corrected chi connectivity index (χ0v) is 12.7. The Morgan fingerprint density at radius 2 is 1.86 bits per heavy atom. The summed E-state index contributed by atoms with van der Waals surface area (Å²) in [5.74, 6) is -3.51. The summed E-state index contributed by atoms with van der Waals surface area (Å²) in [7, 11) is 0.996. The Kier molecular flexibility index (Phi) is 9.58. The molecular weight excluding hydrogens is 322 g/mol. The van der Waals surface area contributed by atoms with Crippen molar-refractivity contribution in [3.63, 3.8) is 0 Å². The maximum atomic E-state index is 11.7. The number of hydrogen-bond donors (Lipinski definition) is 6. The Balaban J connectivity index is 4.35. The molecule has 0 unspecified atom stereocenters. The van der Waals surface area contributed by atoms with E-state index in [9.17, 15) is 19.2 Å². The first kappa shape index (κ1) is 19.5. The van der Waals surface area contributed by atoms with Crippen molar-refractivity contribution >= 4 is 46.2 Å². The number of thiol groups is 1. The molecule has 0 aliphatic heterocycles. The number of carbonyl (C=O) groups is 4. The minimum Gasteiger partial charge on any atom is -0.480 e. The molecule has 0 radical (unpaired) electrons. The van der Waals surface area contributed by atoms with Gasteiger partial charge in [-0.25, -0.2) is 0 Å². The van der Waals surface area contributed by atoms with Crippen LogP contribution in [0.1, 0.15) is 12.8 Å². The summed E-state index contributed by atoms with van der Waals surface area (Å²) in [5, 5.41) is 21.6. The van der Waals surface area contributed by atoms with Crippen LogP contribution in [0.15, 0.2) is 0 Å². The summed E-state index contributed by atoms with van der Waals surface area (Å²) in [6.45, 7) is -0.563. The van der Waals surface area contributed by atoms with Crippen molar-refractivity contribution < 1.29 is 29.4 Å². The van der Waals surface area contributed by atoms with Gasteiger partial charge in [-0.1, -0.05) is 10.8 Å². The average Bonchev–Trinajstić information content (AvgIpc) is 2.41. The lowest BCUT2D eigenvalue weighted by molar-refractivity contribution is -0.139. The van der Waals surface area contributed by atoms with Crippen LogP contribution in [0.4, 0.5) is 0 Å². The van der Waals surface area contributed by atoms with E-state index in [-0.39, 0.29) is 18.6 Å². The van der Waals surface area contributed by atoms with Gasteiger partial charge in [0, 0.05) is 12.2 Å². The van der Waals surface area contributed by atoms with E-state index < -0.39 is 42.4 Å². The molecule has 9 nitrogen and oxygen atoms in total. The van der Waals surface area contributed by atoms with E-state index in [2.05, 4.69) is 22.3 Å². The van der Waals surface area contributed by atoms with E-state index in [0.717, 1.165) is 10.8 Å². The van der Waals surface area contributed by atoms with E-state index in [0.29, 0.717) is 0 Å². The molecule has 0 spiro atoms. The van der Waals surface area contributed by atoms with E-state index in [1.165, 1.54) is 0 Å². The van der Waals surface area contributed by atoms with Crippen LogP contribution in [0.3, 0.4) is 0 Å². The highest BCUT2D eigenvalue weighted by Gasteiger charge is 2.21. The smallest absolute Gasteiger partial charge is 0.322 e. The fourth-order valence-electron chi connectivity index (χ4n) is 1.22. The van der Waals surface area contributed by atoms with Gasteiger partial charge in [0.2, 0.25) is 11.8 Å². The first-order chi connectivity index (χ1) is 9.77. The van der Waals surface area contributed by atoms with Crippen LogP contribution in [-0.2, 0) is 19.2 Å². The van der Waals surface area contributed by atoms with Gasteiger partial charge in [-0.05, 0) is 6.42 Å². The summed E-state index contributed by atoms with van der Waals surface area (Å²) >= 11 is 3.87. The minimum atomic E-state index is -1.22. The van der Waals surface area contributed by atoms with Crippen molar-refractivity contribution in [2.75, 3.05) is 12.3 Å². The Labute approximate surface area is 129 Å². The molecule has 0 rings (SSSR count). The zero-order valence-electron chi connectivity index (χ0n) is 10.9. The van der Waals surface area contributed by atoms with Crippen molar-refractivity contribution in [3.05, 3.63) is 0 Å². The van der Waals surface area contributed by atoms with Gasteiger partial charge in [0.25, 0.3) is 0 Å². The number of carboxylic acid groups (broad SMARTS) is 2. The number of nitrogens with one attached hydrogen (secondary N) is 2. The van der Waals surface area contributed by atoms with Gasteiger partial charge in [-0.3, -0.25) is 19.2 Å². The Hall–Kier alpha value is -1.46. The van der Waals surface area contributed by atoms with Gasteiger partial charge in [0.1, 0.15) is 18.6 Å². The highest BCUT2D eigenvalue weighted by Crippen LogP contribution is 2.07. The van der Waals surface area contributed by atoms with E-state index in [4.69, 9.17) is 15.9 Å². The molecule has 0 fully saturated rings. The molecule has 21 heavy (non-hydrogen) atoms. The molecule has 120 valence electrons. The van der Waals surface area contributed by atoms with Crippen molar-refractivity contribution in [3.8, 4) is 0 Å². The number of rotatable bonds is 10. The predicted molar refractivity (Wildman–Crippen MR) is 78.9 cm³/mol. The van der Waals surface area contributed by atoms with Gasteiger partial charge >= 0.3 is 11.9 Å². The summed E-state index contributed by atoms with van der Waals surface area (Å²) < 4.78 is 0. The molecule has 11 heteroatoms. The monoisotopic (exact) mass is 339 g/mol. The van der Waals surface area contributed by atoms with Crippen molar-refractivity contribution in [2.45, 2.75) is 24.9 Å². The Morgan fingerprint density at radius 1 is 1.24 bits per heavy atom. The molecule has 0 aliphatic rings. The molecule has 0 heterocycles. The van der Waals surface area contributed by atoms with Crippen LogP contribution in [0.2, 0.25) is 0 Å². The lowest BCUT2D eigenvalue weighted by atomic mass is 10.1. The van der Waals surface area contributed by atoms with Crippen molar-refractivity contribution in [2.24, 2.45) is 5.73 Å². The molecule has 0 saturated heterocycles. The highest BCUT2D eigenvalue weighted by atomic mass is 33.1. The molecule has 0 aromatic rings. The van der Waals surface area contributed by atoms with Crippen LogP contribution in [0, 0.1) is 0 Å². The molecular formula is C10H17N3O6S2. The molecule has 2 atom stereocenters. The van der Waals surface area contributed by atoms with Gasteiger partial charge in [-0.15, -0.1) is 11.7 Å². The minimum absolute atomic E-state index is 0.0708. The topological polar surface area (TPSA) is 159 Å². The van der Waals surface area contributed by atoms with Crippen molar-refractivity contribution in [1.29, 1.82) is 0 Å². The number of hydrogen-bond acceptors (Lipinski definition) is 7. The second-order valence-corrected chi connectivity index (χ2v) is 5.38. The van der Waals surface area contributed by atoms with Gasteiger partial charge in [-0.2, -0.15) is 0 Å². The molecule has 2 amide bonds. The molecule has 0 aliphatic carbocycles. The maximum absolute atomic E-state index is 11.7. The summed E-state index contributed by atoms with van der Waals surface area (Å²) in [6.07, 6.45) is -0.230. The molecule has 0 aromatic carbocycles.